The Morgan fingerprint density at radius 2 is 2.00 bits per heavy atom. The lowest BCUT2D eigenvalue weighted by atomic mass is 10.1. The first-order chi connectivity index (χ1) is 13.0. The molecular weight excluding hydrogens is 378 g/mol. The van der Waals surface area contributed by atoms with Crippen molar-refractivity contribution >= 4 is 26.9 Å². The van der Waals surface area contributed by atoms with E-state index in [0.29, 0.717) is 24.3 Å². The molecule has 1 heterocycles. The van der Waals surface area contributed by atoms with Gasteiger partial charge in [0.1, 0.15) is 0 Å². The Labute approximate surface area is 167 Å². The number of nitrogens with zero attached hydrogens (tertiary/aromatic N) is 1. The van der Waals surface area contributed by atoms with Gasteiger partial charge in [-0.25, -0.2) is 8.42 Å². The molecule has 1 aliphatic rings. The highest BCUT2D eigenvalue weighted by Crippen LogP contribution is 2.27. The minimum atomic E-state index is -3.55. The van der Waals surface area contributed by atoms with Gasteiger partial charge in [0.2, 0.25) is 15.1 Å². The van der Waals surface area contributed by atoms with Crippen molar-refractivity contribution in [3.63, 3.8) is 0 Å². The molecule has 0 aliphatic carbocycles. The number of rotatable bonds is 10. The summed E-state index contributed by atoms with van der Waals surface area (Å²) < 4.78 is 26.9. The second-order valence-electron chi connectivity index (χ2n) is 6.46. The summed E-state index contributed by atoms with van der Waals surface area (Å²) in [6.45, 7) is 7.65. The third-order valence-corrected chi connectivity index (χ3v) is 7.37. The van der Waals surface area contributed by atoms with Crippen molar-refractivity contribution < 1.29 is 13.2 Å². The maximum atomic E-state index is 12.7. The molecule has 1 atom stereocenters. The molecular formula is C21H27NO3S2. The minimum absolute atomic E-state index is 0.0445. The monoisotopic (exact) mass is 405 g/mol. The first kappa shape index (κ1) is 21.7. The molecule has 1 aromatic carbocycles. The highest BCUT2D eigenvalue weighted by atomic mass is 32.2. The summed E-state index contributed by atoms with van der Waals surface area (Å²) >= 11 is 1.25. The van der Waals surface area contributed by atoms with Gasteiger partial charge in [0.25, 0.3) is 0 Å². The van der Waals surface area contributed by atoms with Crippen molar-refractivity contribution in [1.82, 2.24) is 4.31 Å². The number of carbonyl (C=O) groups is 1. The van der Waals surface area contributed by atoms with E-state index >= 15 is 0 Å². The van der Waals surface area contributed by atoms with Crippen LogP contribution >= 0.6 is 11.8 Å². The van der Waals surface area contributed by atoms with E-state index in [-0.39, 0.29) is 10.9 Å². The van der Waals surface area contributed by atoms with Crippen molar-refractivity contribution in [2.75, 3.05) is 18.1 Å². The van der Waals surface area contributed by atoms with Gasteiger partial charge >= 0.3 is 0 Å². The largest absolute Gasteiger partial charge is 0.285 e. The summed E-state index contributed by atoms with van der Waals surface area (Å²) in [5.41, 5.74) is 1.83. The molecule has 0 spiro atoms. The molecule has 2 rings (SSSR count). The Hall–Kier alpha value is -1.63. The summed E-state index contributed by atoms with van der Waals surface area (Å²) in [7, 11) is -3.55. The molecule has 0 N–H and O–H groups in total. The maximum Gasteiger partial charge on any atom is 0.218 e. The van der Waals surface area contributed by atoms with Crippen LogP contribution in [0.5, 0.6) is 0 Å². The SMILES string of the molecule is C=C/C=C(\C=C)CS(=O)(=O)N1CCCC1C(=O)SCCCc1ccccc1. The molecule has 4 nitrogen and oxygen atoms in total. The number of thioether (sulfide) groups is 1. The van der Waals surface area contributed by atoms with Gasteiger partial charge in [0, 0.05) is 12.3 Å². The van der Waals surface area contributed by atoms with Gasteiger partial charge in [-0.2, -0.15) is 4.31 Å². The van der Waals surface area contributed by atoms with Crippen molar-refractivity contribution in [3.05, 3.63) is 72.9 Å². The standard InChI is InChI=1S/C21H27NO3S2/c1-3-10-18(4-2)17-27(24,25)22-15-8-14-20(22)21(23)26-16-9-13-19-11-6-5-7-12-19/h3-7,10-12,20H,1-2,8-9,13-17H2/b18-10+. The van der Waals surface area contributed by atoms with E-state index in [0.717, 1.165) is 19.3 Å². The average Bonchev–Trinajstić information content (AvgIpc) is 3.16. The van der Waals surface area contributed by atoms with Crippen LogP contribution in [0.4, 0.5) is 0 Å². The molecule has 0 radical (unpaired) electrons. The lowest BCUT2D eigenvalue weighted by Crippen LogP contribution is -2.41. The lowest BCUT2D eigenvalue weighted by molar-refractivity contribution is -0.113. The summed E-state index contributed by atoms with van der Waals surface area (Å²) in [4.78, 5) is 12.6. The first-order valence-electron chi connectivity index (χ1n) is 9.12. The number of hydrogen-bond acceptors (Lipinski definition) is 4. The van der Waals surface area contributed by atoms with Gasteiger partial charge in [0.15, 0.2) is 0 Å². The smallest absolute Gasteiger partial charge is 0.218 e. The van der Waals surface area contributed by atoms with Crippen molar-refractivity contribution in [1.29, 1.82) is 0 Å². The fourth-order valence-corrected chi connectivity index (χ4v) is 5.91. The predicted molar refractivity (Wildman–Crippen MR) is 114 cm³/mol. The molecule has 27 heavy (non-hydrogen) atoms. The zero-order valence-corrected chi connectivity index (χ0v) is 17.2. The average molecular weight is 406 g/mol. The fourth-order valence-electron chi connectivity index (χ4n) is 3.12. The number of carbonyl (C=O) groups excluding carboxylic acids is 1. The van der Waals surface area contributed by atoms with E-state index in [2.05, 4.69) is 25.3 Å². The van der Waals surface area contributed by atoms with Crippen LogP contribution in [0.1, 0.15) is 24.8 Å². The summed E-state index contributed by atoms with van der Waals surface area (Å²) in [5.74, 6) is 0.553. The molecule has 6 heteroatoms. The van der Waals surface area contributed by atoms with Crippen LogP contribution < -0.4 is 0 Å². The van der Waals surface area contributed by atoms with Crippen LogP contribution in [-0.2, 0) is 21.2 Å². The number of hydrogen-bond donors (Lipinski definition) is 0. The molecule has 0 aromatic heterocycles. The lowest BCUT2D eigenvalue weighted by Gasteiger charge is -2.23. The van der Waals surface area contributed by atoms with Crippen LogP contribution in [-0.4, -0.2) is 41.9 Å². The van der Waals surface area contributed by atoms with E-state index < -0.39 is 16.1 Å². The Morgan fingerprint density at radius 3 is 2.67 bits per heavy atom. The molecule has 146 valence electrons. The highest BCUT2D eigenvalue weighted by Gasteiger charge is 2.38. The van der Waals surface area contributed by atoms with Crippen LogP contribution in [0.3, 0.4) is 0 Å². The number of allylic oxidation sites excluding steroid dienone is 3. The molecule has 0 bridgehead atoms. The molecule has 0 amide bonds. The van der Waals surface area contributed by atoms with Gasteiger partial charge < -0.3 is 0 Å². The summed E-state index contributed by atoms with van der Waals surface area (Å²) in [6.07, 6.45) is 7.82. The maximum absolute atomic E-state index is 12.7. The van der Waals surface area contributed by atoms with Gasteiger partial charge in [-0.15, -0.1) is 0 Å². The second kappa shape index (κ2) is 10.6. The molecule has 0 saturated carbocycles. The van der Waals surface area contributed by atoms with Crippen LogP contribution in [0, 0.1) is 0 Å². The van der Waals surface area contributed by atoms with Gasteiger partial charge in [0.05, 0.1) is 11.8 Å². The zero-order chi connectivity index (χ0) is 19.7. The number of benzene rings is 1. The van der Waals surface area contributed by atoms with E-state index in [1.807, 2.05) is 18.2 Å². The zero-order valence-electron chi connectivity index (χ0n) is 15.5. The Kier molecular flexibility index (Phi) is 8.54. The van der Waals surface area contributed by atoms with E-state index in [4.69, 9.17) is 0 Å². The molecule has 1 unspecified atom stereocenters. The predicted octanol–water partition coefficient (Wildman–Crippen LogP) is 3.97. The van der Waals surface area contributed by atoms with Gasteiger partial charge in [-0.3, -0.25) is 4.79 Å². The third-order valence-electron chi connectivity index (χ3n) is 4.47. The fraction of sp³-hybridized carbons (Fsp3) is 0.381. The van der Waals surface area contributed by atoms with Crippen LogP contribution in [0.2, 0.25) is 0 Å². The normalized spacial score (nSPS) is 18.4. The van der Waals surface area contributed by atoms with Crippen molar-refractivity contribution in [2.24, 2.45) is 0 Å². The summed E-state index contributed by atoms with van der Waals surface area (Å²) in [5, 5.41) is -0.0445. The Morgan fingerprint density at radius 1 is 1.26 bits per heavy atom. The highest BCUT2D eigenvalue weighted by molar-refractivity contribution is 8.13. The van der Waals surface area contributed by atoms with Crippen LogP contribution in [0.25, 0.3) is 0 Å². The first-order valence-corrected chi connectivity index (χ1v) is 11.7. The van der Waals surface area contributed by atoms with Crippen molar-refractivity contribution in [2.45, 2.75) is 31.7 Å². The number of aryl methyl sites for hydroxylation is 1. The van der Waals surface area contributed by atoms with E-state index in [1.54, 1.807) is 12.2 Å². The Balaban J connectivity index is 1.90. The molecule has 1 aromatic rings. The number of sulfonamides is 1. The topological polar surface area (TPSA) is 54.5 Å². The van der Waals surface area contributed by atoms with Gasteiger partial charge in [-0.1, -0.05) is 73.5 Å². The molecule has 1 saturated heterocycles. The van der Waals surface area contributed by atoms with E-state index in [1.165, 1.54) is 27.7 Å². The molecule has 1 aliphatic heterocycles. The summed E-state index contributed by atoms with van der Waals surface area (Å²) in [6, 6.07) is 9.60. The third kappa shape index (κ3) is 6.48. The van der Waals surface area contributed by atoms with Crippen LogP contribution in [0.15, 0.2) is 67.3 Å². The quantitative estimate of drug-likeness (QED) is 0.437. The van der Waals surface area contributed by atoms with E-state index in [9.17, 15) is 13.2 Å². The second-order valence-corrected chi connectivity index (χ2v) is 9.48. The minimum Gasteiger partial charge on any atom is -0.285 e. The van der Waals surface area contributed by atoms with Crippen molar-refractivity contribution in [3.8, 4) is 0 Å². The Bertz CT molecular complexity index is 785. The van der Waals surface area contributed by atoms with Gasteiger partial charge in [-0.05, 0) is 36.8 Å². The molecule has 1 fully saturated rings.